The van der Waals surface area contributed by atoms with Crippen molar-refractivity contribution in [3.05, 3.63) is 29.8 Å². The van der Waals surface area contributed by atoms with Crippen LogP contribution in [-0.2, 0) is 9.53 Å². The highest BCUT2D eigenvalue weighted by Crippen LogP contribution is 2.28. The highest BCUT2D eigenvalue weighted by atomic mass is 16.5. The van der Waals surface area contributed by atoms with Gasteiger partial charge in [0.2, 0.25) is 0 Å². The molecule has 1 aliphatic rings. The number of anilines is 1. The van der Waals surface area contributed by atoms with E-state index in [1.165, 1.54) is 7.11 Å². The Bertz CT molecular complexity index is 456. The quantitative estimate of drug-likeness (QED) is 0.544. The molecular weight excluding hydrogens is 218 g/mol. The van der Waals surface area contributed by atoms with Gasteiger partial charge in [-0.1, -0.05) is 12.1 Å². The fraction of sp³-hybridized carbons (Fsp3) is 0.385. The molecule has 1 atom stereocenters. The number of ether oxygens (including phenoxy) is 1. The molecule has 1 heterocycles. The number of methoxy groups -OCH3 is 1. The van der Waals surface area contributed by atoms with Crippen LogP contribution in [0.25, 0.3) is 0 Å². The molecule has 0 fully saturated rings. The van der Waals surface area contributed by atoms with Gasteiger partial charge in [-0.15, -0.1) is 0 Å². The SMILES string of the molecule is COC(=O)C1CCN(C)c2ccccc2C1=O. The van der Waals surface area contributed by atoms with Crippen LogP contribution in [0.1, 0.15) is 16.8 Å². The second kappa shape index (κ2) is 4.57. The zero-order valence-corrected chi connectivity index (χ0v) is 9.97. The highest BCUT2D eigenvalue weighted by Gasteiger charge is 2.33. The number of rotatable bonds is 1. The Balaban J connectivity index is 2.43. The highest BCUT2D eigenvalue weighted by molar-refractivity contribution is 6.12. The van der Waals surface area contributed by atoms with Crippen LogP contribution < -0.4 is 4.90 Å². The Labute approximate surface area is 100 Å². The van der Waals surface area contributed by atoms with E-state index in [9.17, 15) is 9.59 Å². The smallest absolute Gasteiger partial charge is 0.316 e. The molecule has 17 heavy (non-hydrogen) atoms. The maximum Gasteiger partial charge on any atom is 0.316 e. The molecule has 4 heteroatoms. The number of hydrogen-bond acceptors (Lipinski definition) is 4. The van der Waals surface area contributed by atoms with Crippen molar-refractivity contribution in [2.45, 2.75) is 6.42 Å². The predicted molar refractivity (Wildman–Crippen MR) is 64.2 cm³/mol. The van der Waals surface area contributed by atoms with E-state index in [0.717, 1.165) is 5.69 Å². The first-order valence-electron chi connectivity index (χ1n) is 5.57. The fourth-order valence-electron chi connectivity index (χ4n) is 2.14. The standard InChI is InChI=1S/C13H15NO3/c1-14-8-7-10(13(16)17-2)12(15)9-5-3-4-6-11(9)14/h3-6,10H,7-8H2,1-2H3. The van der Waals surface area contributed by atoms with Crippen molar-refractivity contribution < 1.29 is 14.3 Å². The number of hydrogen-bond donors (Lipinski definition) is 0. The second-order valence-corrected chi connectivity index (χ2v) is 4.17. The number of carbonyl (C=O) groups excluding carboxylic acids is 2. The van der Waals surface area contributed by atoms with Gasteiger partial charge in [0.25, 0.3) is 0 Å². The topological polar surface area (TPSA) is 46.6 Å². The zero-order chi connectivity index (χ0) is 12.4. The molecule has 0 radical (unpaired) electrons. The lowest BCUT2D eigenvalue weighted by Gasteiger charge is -2.17. The number of esters is 1. The van der Waals surface area contributed by atoms with Crippen LogP contribution in [-0.4, -0.2) is 32.5 Å². The molecule has 2 rings (SSSR count). The van der Waals surface area contributed by atoms with E-state index >= 15 is 0 Å². The van der Waals surface area contributed by atoms with Crippen molar-refractivity contribution in [3.63, 3.8) is 0 Å². The monoisotopic (exact) mass is 233 g/mol. The van der Waals surface area contributed by atoms with Crippen molar-refractivity contribution >= 4 is 17.4 Å². The van der Waals surface area contributed by atoms with Crippen LogP contribution in [0.2, 0.25) is 0 Å². The molecule has 0 saturated carbocycles. The summed E-state index contributed by atoms with van der Waals surface area (Å²) in [7, 11) is 3.24. The minimum atomic E-state index is -0.675. The van der Waals surface area contributed by atoms with E-state index < -0.39 is 11.9 Å². The van der Waals surface area contributed by atoms with Crippen LogP contribution in [0.4, 0.5) is 5.69 Å². The Hall–Kier alpha value is -1.84. The minimum Gasteiger partial charge on any atom is -0.468 e. The van der Waals surface area contributed by atoms with E-state index in [-0.39, 0.29) is 5.78 Å². The summed E-state index contributed by atoms with van der Waals surface area (Å²) < 4.78 is 4.69. The summed E-state index contributed by atoms with van der Waals surface area (Å²) in [6.07, 6.45) is 0.497. The first-order chi connectivity index (χ1) is 8.15. The molecule has 1 aromatic carbocycles. The van der Waals surface area contributed by atoms with E-state index in [0.29, 0.717) is 18.5 Å². The summed E-state index contributed by atoms with van der Waals surface area (Å²) in [5.41, 5.74) is 1.48. The summed E-state index contributed by atoms with van der Waals surface area (Å²) in [6.45, 7) is 0.669. The molecule has 0 spiro atoms. The summed E-state index contributed by atoms with van der Waals surface area (Å²) in [4.78, 5) is 25.8. The second-order valence-electron chi connectivity index (χ2n) is 4.17. The van der Waals surface area contributed by atoms with Gasteiger partial charge in [-0.2, -0.15) is 0 Å². The zero-order valence-electron chi connectivity index (χ0n) is 9.97. The number of ketones is 1. The number of para-hydroxylation sites is 1. The van der Waals surface area contributed by atoms with Crippen molar-refractivity contribution in [1.29, 1.82) is 0 Å². The molecule has 0 aromatic heterocycles. The lowest BCUT2D eigenvalue weighted by Crippen LogP contribution is -2.26. The largest absolute Gasteiger partial charge is 0.468 e. The van der Waals surface area contributed by atoms with Gasteiger partial charge in [0.05, 0.1) is 7.11 Å². The van der Waals surface area contributed by atoms with Gasteiger partial charge in [0.15, 0.2) is 5.78 Å². The summed E-state index contributed by atoms with van der Waals surface area (Å²) in [5.74, 6) is -1.26. The summed E-state index contributed by atoms with van der Waals surface area (Å²) in [6, 6.07) is 7.35. The van der Waals surface area contributed by atoms with Crippen LogP contribution in [0, 0.1) is 5.92 Å². The summed E-state index contributed by atoms with van der Waals surface area (Å²) in [5, 5.41) is 0. The van der Waals surface area contributed by atoms with Crippen molar-refractivity contribution in [1.82, 2.24) is 0 Å². The number of fused-ring (bicyclic) bond motifs is 1. The van der Waals surface area contributed by atoms with Gasteiger partial charge in [-0.3, -0.25) is 9.59 Å². The minimum absolute atomic E-state index is 0.142. The Morgan fingerprint density at radius 2 is 2.12 bits per heavy atom. The number of benzene rings is 1. The predicted octanol–water partition coefficient (Wildman–Crippen LogP) is 1.50. The first-order valence-corrected chi connectivity index (χ1v) is 5.57. The average molecular weight is 233 g/mol. The van der Waals surface area contributed by atoms with E-state index in [1.54, 1.807) is 6.07 Å². The van der Waals surface area contributed by atoms with Gasteiger partial charge in [-0.05, 0) is 18.6 Å². The van der Waals surface area contributed by atoms with Gasteiger partial charge < -0.3 is 9.64 Å². The van der Waals surface area contributed by atoms with Crippen molar-refractivity contribution in [2.75, 3.05) is 25.6 Å². The lowest BCUT2D eigenvalue weighted by atomic mass is 9.95. The molecular formula is C13H15NO3. The Kier molecular flexibility index (Phi) is 3.13. The molecule has 4 nitrogen and oxygen atoms in total. The van der Waals surface area contributed by atoms with Crippen molar-refractivity contribution in [3.8, 4) is 0 Å². The Morgan fingerprint density at radius 1 is 1.41 bits per heavy atom. The molecule has 0 amide bonds. The fourth-order valence-corrected chi connectivity index (χ4v) is 2.14. The van der Waals surface area contributed by atoms with Crippen LogP contribution in [0.3, 0.4) is 0 Å². The third-order valence-corrected chi connectivity index (χ3v) is 3.14. The lowest BCUT2D eigenvalue weighted by molar-refractivity contribution is -0.143. The van der Waals surface area contributed by atoms with Crippen LogP contribution >= 0.6 is 0 Å². The van der Waals surface area contributed by atoms with E-state index in [1.807, 2.05) is 30.1 Å². The normalized spacial score (nSPS) is 19.5. The molecule has 0 saturated heterocycles. The Morgan fingerprint density at radius 3 is 2.82 bits per heavy atom. The molecule has 1 aliphatic heterocycles. The molecule has 90 valence electrons. The van der Waals surface area contributed by atoms with Crippen LogP contribution in [0.5, 0.6) is 0 Å². The number of nitrogens with zero attached hydrogens (tertiary/aromatic N) is 1. The third-order valence-electron chi connectivity index (χ3n) is 3.14. The molecule has 1 aromatic rings. The number of Topliss-reactive ketones (excluding diaryl/α,β-unsaturated/α-hetero) is 1. The third kappa shape index (κ3) is 2.02. The molecule has 0 bridgehead atoms. The van der Waals surface area contributed by atoms with Gasteiger partial charge in [-0.25, -0.2) is 0 Å². The van der Waals surface area contributed by atoms with Crippen molar-refractivity contribution in [2.24, 2.45) is 5.92 Å². The number of carbonyl (C=O) groups is 2. The molecule has 0 N–H and O–H groups in total. The first kappa shape index (κ1) is 11.6. The molecule has 0 aliphatic carbocycles. The summed E-state index contributed by atoms with van der Waals surface area (Å²) >= 11 is 0. The maximum absolute atomic E-state index is 12.3. The van der Waals surface area contributed by atoms with Crippen LogP contribution in [0.15, 0.2) is 24.3 Å². The van der Waals surface area contributed by atoms with Gasteiger partial charge in [0.1, 0.15) is 5.92 Å². The maximum atomic E-state index is 12.3. The van der Waals surface area contributed by atoms with E-state index in [2.05, 4.69) is 4.74 Å². The van der Waals surface area contributed by atoms with Gasteiger partial charge in [0, 0.05) is 24.8 Å². The van der Waals surface area contributed by atoms with Gasteiger partial charge >= 0.3 is 5.97 Å². The average Bonchev–Trinajstić information content (AvgIpc) is 2.49. The van der Waals surface area contributed by atoms with E-state index in [4.69, 9.17) is 0 Å². The molecule has 1 unspecified atom stereocenters.